The lowest BCUT2D eigenvalue weighted by atomic mass is 10.1. The number of hydrogen-bond donors (Lipinski definition) is 2. The highest BCUT2D eigenvalue weighted by Crippen LogP contribution is 2.27. The fourth-order valence-corrected chi connectivity index (χ4v) is 4.04. The minimum atomic E-state index is -3.48. The van der Waals surface area contributed by atoms with Gasteiger partial charge in [0.2, 0.25) is 10.0 Å². The van der Waals surface area contributed by atoms with E-state index in [4.69, 9.17) is 4.74 Å². The molecule has 5 nitrogen and oxygen atoms in total. The van der Waals surface area contributed by atoms with Crippen molar-refractivity contribution in [2.75, 3.05) is 20.2 Å². The van der Waals surface area contributed by atoms with Gasteiger partial charge >= 0.3 is 0 Å². The predicted octanol–water partition coefficient (Wildman–Crippen LogP) is 1.49. The Balaban J connectivity index is 2.16. The van der Waals surface area contributed by atoms with Crippen LogP contribution in [0, 0.1) is 0 Å². The second-order valence-electron chi connectivity index (χ2n) is 4.46. The van der Waals surface area contributed by atoms with Gasteiger partial charge in [-0.25, -0.2) is 13.1 Å². The molecule has 2 rings (SSSR count). The van der Waals surface area contributed by atoms with Gasteiger partial charge in [-0.15, -0.1) is 0 Å². The summed E-state index contributed by atoms with van der Waals surface area (Å²) in [6.07, 6.45) is 1.85. The maximum absolute atomic E-state index is 12.3. The molecule has 0 saturated carbocycles. The van der Waals surface area contributed by atoms with E-state index in [1.54, 1.807) is 25.3 Å². The molecule has 0 unspecified atom stereocenters. The molecule has 1 heterocycles. The Hall–Kier alpha value is -0.630. The first-order valence-corrected chi connectivity index (χ1v) is 8.37. The van der Waals surface area contributed by atoms with E-state index in [0.29, 0.717) is 16.8 Å². The van der Waals surface area contributed by atoms with E-state index < -0.39 is 10.0 Å². The van der Waals surface area contributed by atoms with Crippen molar-refractivity contribution in [3.05, 3.63) is 22.7 Å². The predicted molar refractivity (Wildman–Crippen MR) is 76.9 cm³/mol. The van der Waals surface area contributed by atoms with Crippen molar-refractivity contribution >= 4 is 26.0 Å². The molecule has 1 aliphatic rings. The summed E-state index contributed by atoms with van der Waals surface area (Å²) in [6.45, 7) is 1.63. The van der Waals surface area contributed by atoms with Crippen molar-refractivity contribution in [2.45, 2.75) is 23.8 Å². The van der Waals surface area contributed by atoms with E-state index in [1.165, 1.54) is 0 Å². The van der Waals surface area contributed by atoms with Crippen LogP contribution in [0.15, 0.2) is 27.6 Å². The molecule has 0 bridgehead atoms. The number of methoxy groups -OCH3 is 1. The molecule has 0 aliphatic carbocycles. The molecule has 19 heavy (non-hydrogen) atoms. The fourth-order valence-electron chi connectivity index (χ4n) is 2.05. The van der Waals surface area contributed by atoms with Crippen LogP contribution in [0.3, 0.4) is 0 Å². The van der Waals surface area contributed by atoms with E-state index in [0.717, 1.165) is 19.4 Å². The Labute approximate surface area is 121 Å². The number of piperidine rings is 1. The monoisotopic (exact) mass is 348 g/mol. The third-order valence-electron chi connectivity index (χ3n) is 3.05. The molecular weight excluding hydrogens is 332 g/mol. The average molecular weight is 349 g/mol. The van der Waals surface area contributed by atoms with Gasteiger partial charge in [-0.1, -0.05) is 0 Å². The van der Waals surface area contributed by atoms with Crippen LogP contribution in [0.1, 0.15) is 12.8 Å². The Morgan fingerprint density at radius 2 is 2.26 bits per heavy atom. The quantitative estimate of drug-likeness (QED) is 0.864. The summed E-state index contributed by atoms with van der Waals surface area (Å²) in [5.74, 6) is 0.610. The normalized spacial score (nSPS) is 20.2. The van der Waals surface area contributed by atoms with Crippen LogP contribution in [0.4, 0.5) is 0 Å². The Morgan fingerprint density at radius 1 is 1.47 bits per heavy atom. The van der Waals surface area contributed by atoms with E-state index in [2.05, 4.69) is 26.0 Å². The summed E-state index contributed by atoms with van der Waals surface area (Å²) in [4.78, 5) is 0.241. The lowest BCUT2D eigenvalue weighted by Gasteiger charge is -2.23. The maximum Gasteiger partial charge on any atom is 0.240 e. The first kappa shape index (κ1) is 14.8. The first-order chi connectivity index (χ1) is 9.03. The lowest BCUT2D eigenvalue weighted by molar-refractivity contribution is 0.411. The highest BCUT2D eigenvalue weighted by molar-refractivity contribution is 9.10. The van der Waals surface area contributed by atoms with Crippen LogP contribution in [0.25, 0.3) is 0 Å². The van der Waals surface area contributed by atoms with Crippen molar-refractivity contribution in [3.63, 3.8) is 0 Å². The largest absolute Gasteiger partial charge is 0.496 e. The zero-order valence-corrected chi connectivity index (χ0v) is 13.1. The van der Waals surface area contributed by atoms with E-state index >= 15 is 0 Å². The van der Waals surface area contributed by atoms with Crippen LogP contribution in [-0.2, 0) is 10.0 Å². The summed E-state index contributed by atoms with van der Waals surface area (Å²) < 4.78 is 32.9. The number of ether oxygens (including phenoxy) is 1. The van der Waals surface area contributed by atoms with Crippen molar-refractivity contribution in [3.8, 4) is 5.75 Å². The Kier molecular flexibility index (Phi) is 4.83. The van der Waals surface area contributed by atoms with Gasteiger partial charge < -0.3 is 10.1 Å². The van der Waals surface area contributed by atoms with Gasteiger partial charge in [-0.3, -0.25) is 0 Å². The van der Waals surface area contributed by atoms with Crippen LogP contribution < -0.4 is 14.8 Å². The van der Waals surface area contributed by atoms with Crippen molar-refractivity contribution in [1.82, 2.24) is 10.0 Å². The number of hydrogen-bond acceptors (Lipinski definition) is 4. The standard InChI is InChI=1S/C12H17BrN2O3S/c1-18-12-5-4-10(7-11(12)13)19(16,17)15-9-3-2-6-14-8-9/h4-5,7,9,14-15H,2-3,6,8H2,1H3/t9-/m0/s1. The van der Waals surface area contributed by atoms with Gasteiger partial charge in [0.15, 0.2) is 0 Å². The molecule has 1 fully saturated rings. The SMILES string of the molecule is COc1ccc(S(=O)(=O)N[C@H]2CCCNC2)cc1Br. The summed E-state index contributed by atoms with van der Waals surface area (Å²) in [6, 6.07) is 4.69. The number of rotatable bonds is 4. The summed E-state index contributed by atoms with van der Waals surface area (Å²) in [5.41, 5.74) is 0. The second-order valence-corrected chi connectivity index (χ2v) is 7.03. The number of halogens is 1. The van der Waals surface area contributed by atoms with Gasteiger partial charge in [-0.05, 0) is 53.5 Å². The molecule has 1 saturated heterocycles. The molecule has 0 radical (unpaired) electrons. The zero-order valence-electron chi connectivity index (χ0n) is 10.6. The van der Waals surface area contributed by atoms with Crippen LogP contribution in [0.2, 0.25) is 0 Å². The van der Waals surface area contributed by atoms with Crippen molar-refractivity contribution in [2.24, 2.45) is 0 Å². The Morgan fingerprint density at radius 3 is 2.84 bits per heavy atom. The average Bonchev–Trinajstić information content (AvgIpc) is 2.39. The van der Waals surface area contributed by atoms with Crippen molar-refractivity contribution in [1.29, 1.82) is 0 Å². The van der Waals surface area contributed by atoms with Crippen LogP contribution >= 0.6 is 15.9 Å². The third-order valence-corrected chi connectivity index (χ3v) is 5.19. The Bertz CT molecular complexity index is 542. The van der Waals surface area contributed by atoms with Gasteiger partial charge in [0.1, 0.15) is 5.75 Å². The molecule has 0 amide bonds. The number of nitrogens with one attached hydrogen (secondary N) is 2. The van der Waals surface area contributed by atoms with Crippen LogP contribution in [0.5, 0.6) is 5.75 Å². The summed E-state index contributed by atoms with van der Waals surface area (Å²) in [7, 11) is -1.94. The number of benzene rings is 1. The molecule has 1 aliphatic heterocycles. The highest BCUT2D eigenvalue weighted by atomic mass is 79.9. The molecule has 1 atom stereocenters. The molecule has 0 spiro atoms. The van der Waals surface area contributed by atoms with Gasteiger partial charge in [0.25, 0.3) is 0 Å². The number of sulfonamides is 1. The van der Waals surface area contributed by atoms with E-state index in [-0.39, 0.29) is 10.9 Å². The summed E-state index contributed by atoms with van der Waals surface area (Å²) >= 11 is 3.30. The van der Waals surface area contributed by atoms with Crippen LogP contribution in [-0.4, -0.2) is 34.7 Å². The van der Waals surface area contributed by atoms with E-state index in [1.807, 2.05) is 0 Å². The third kappa shape index (κ3) is 3.68. The molecular formula is C12H17BrN2O3S. The molecule has 1 aromatic carbocycles. The van der Waals surface area contributed by atoms with E-state index in [9.17, 15) is 8.42 Å². The minimum Gasteiger partial charge on any atom is -0.496 e. The summed E-state index contributed by atoms with van der Waals surface area (Å²) in [5, 5.41) is 3.18. The highest BCUT2D eigenvalue weighted by Gasteiger charge is 2.22. The molecule has 106 valence electrons. The smallest absolute Gasteiger partial charge is 0.240 e. The van der Waals surface area contributed by atoms with Gasteiger partial charge in [-0.2, -0.15) is 0 Å². The second kappa shape index (κ2) is 6.21. The van der Waals surface area contributed by atoms with Crippen molar-refractivity contribution < 1.29 is 13.2 Å². The minimum absolute atomic E-state index is 0.0420. The first-order valence-electron chi connectivity index (χ1n) is 6.09. The van der Waals surface area contributed by atoms with Gasteiger partial charge in [0, 0.05) is 12.6 Å². The lowest BCUT2D eigenvalue weighted by Crippen LogP contribution is -2.45. The molecule has 2 N–H and O–H groups in total. The maximum atomic E-state index is 12.3. The van der Waals surface area contributed by atoms with Gasteiger partial charge in [0.05, 0.1) is 16.5 Å². The topological polar surface area (TPSA) is 67.4 Å². The molecule has 7 heteroatoms. The zero-order chi connectivity index (χ0) is 13.9. The molecule has 1 aromatic rings. The fraction of sp³-hybridized carbons (Fsp3) is 0.500. The molecule has 0 aromatic heterocycles.